The Hall–Kier alpha value is -1.06. The first-order valence-electron chi connectivity index (χ1n) is 7.05. The van der Waals surface area contributed by atoms with Gasteiger partial charge >= 0.3 is 0 Å². The van der Waals surface area contributed by atoms with Gasteiger partial charge < -0.3 is 10.0 Å². The topological polar surface area (TPSA) is 26.7 Å². The van der Waals surface area contributed by atoms with E-state index in [4.69, 9.17) is 0 Å². The zero-order valence-electron chi connectivity index (χ0n) is 12.6. The molecule has 0 aliphatic carbocycles. The van der Waals surface area contributed by atoms with Crippen LogP contribution in [0.1, 0.15) is 25.8 Å². The fourth-order valence-electron chi connectivity index (χ4n) is 2.75. The Bertz CT molecular complexity index is 411. The molecule has 0 saturated carbocycles. The van der Waals surface area contributed by atoms with Crippen LogP contribution in [-0.2, 0) is 6.54 Å². The summed E-state index contributed by atoms with van der Waals surface area (Å²) in [4.78, 5) is 4.56. The highest BCUT2D eigenvalue weighted by Gasteiger charge is 2.34. The van der Waals surface area contributed by atoms with Crippen LogP contribution in [0.15, 0.2) is 24.3 Å². The maximum atomic E-state index is 9.99. The molecule has 0 amide bonds. The van der Waals surface area contributed by atoms with Crippen molar-refractivity contribution in [3.05, 3.63) is 29.8 Å². The lowest BCUT2D eigenvalue weighted by Gasteiger charge is -2.41. The first-order valence-corrected chi connectivity index (χ1v) is 7.05. The number of piperidine rings is 1. The summed E-state index contributed by atoms with van der Waals surface area (Å²) >= 11 is 0. The minimum Gasteiger partial charge on any atom is -0.392 e. The lowest BCUT2D eigenvalue weighted by molar-refractivity contribution is -0.0270. The van der Waals surface area contributed by atoms with Gasteiger partial charge in [-0.05, 0) is 24.1 Å². The highest BCUT2D eigenvalue weighted by atomic mass is 16.3. The van der Waals surface area contributed by atoms with Crippen molar-refractivity contribution >= 4 is 5.69 Å². The van der Waals surface area contributed by atoms with E-state index >= 15 is 0 Å². The Morgan fingerprint density at radius 2 is 1.89 bits per heavy atom. The quantitative estimate of drug-likeness (QED) is 0.906. The molecule has 1 heterocycles. The molecule has 1 aromatic rings. The summed E-state index contributed by atoms with van der Waals surface area (Å²) < 4.78 is 0. The van der Waals surface area contributed by atoms with Gasteiger partial charge in [-0.2, -0.15) is 0 Å². The number of likely N-dealkylation sites (tertiary alicyclic amines) is 1. The number of hydrogen-bond acceptors (Lipinski definition) is 3. The molecule has 1 aromatic carbocycles. The molecule has 3 nitrogen and oxygen atoms in total. The number of rotatable bonds is 3. The molecule has 19 heavy (non-hydrogen) atoms. The van der Waals surface area contributed by atoms with Crippen LogP contribution in [0.4, 0.5) is 5.69 Å². The van der Waals surface area contributed by atoms with E-state index in [0.717, 1.165) is 26.1 Å². The average Bonchev–Trinajstić information content (AvgIpc) is 2.34. The van der Waals surface area contributed by atoms with E-state index in [9.17, 15) is 5.11 Å². The van der Waals surface area contributed by atoms with Crippen molar-refractivity contribution in [2.45, 2.75) is 32.9 Å². The highest BCUT2D eigenvalue weighted by molar-refractivity contribution is 5.45. The SMILES string of the molecule is CN(C)c1ccc(CN2CCC(O)C(C)(C)C2)cc1. The van der Waals surface area contributed by atoms with Gasteiger partial charge in [0.1, 0.15) is 0 Å². The van der Waals surface area contributed by atoms with Crippen LogP contribution in [0, 0.1) is 5.41 Å². The number of anilines is 1. The van der Waals surface area contributed by atoms with Gasteiger partial charge in [-0.15, -0.1) is 0 Å². The first kappa shape index (κ1) is 14.4. The van der Waals surface area contributed by atoms with E-state index in [2.05, 4.69) is 62.0 Å². The number of hydrogen-bond donors (Lipinski definition) is 1. The molecule has 1 unspecified atom stereocenters. The number of aliphatic hydroxyl groups excluding tert-OH is 1. The van der Waals surface area contributed by atoms with Crippen molar-refractivity contribution in [3.8, 4) is 0 Å². The van der Waals surface area contributed by atoms with E-state index in [-0.39, 0.29) is 11.5 Å². The summed E-state index contributed by atoms with van der Waals surface area (Å²) in [6.45, 7) is 7.23. The monoisotopic (exact) mass is 262 g/mol. The predicted molar refractivity (Wildman–Crippen MR) is 80.5 cm³/mol. The fraction of sp³-hybridized carbons (Fsp3) is 0.625. The second-order valence-electron chi connectivity index (χ2n) is 6.56. The van der Waals surface area contributed by atoms with Gasteiger partial charge in [0, 0.05) is 44.8 Å². The van der Waals surface area contributed by atoms with Gasteiger partial charge in [-0.3, -0.25) is 4.90 Å². The van der Waals surface area contributed by atoms with Gasteiger partial charge in [0.2, 0.25) is 0 Å². The Morgan fingerprint density at radius 3 is 2.42 bits per heavy atom. The number of nitrogens with zero attached hydrogens (tertiary/aromatic N) is 2. The molecular formula is C16H26N2O. The molecule has 1 aliphatic heterocycles. The molecule has 0 spiro atoms. The predicted octanol–water partition coefficient (Wildman–Crippen LogP) is 2.35. The normalized spacial score (nSPS) is 23.3. The van der Waals surface area contributed by atoms with Gasteiger partial charge in [-0.25, -0.2) is 0 Å². The third-order valence-corrected chi connectivity index (χ3v) is 4.11. The van der Waals surface area contributed by atoms with Crippen molar-refractivity contribution in [1.29, 1.82) is 0 Å². The molecule has 0 radical (unpaired) electrons. The smallest absolute Gasteiger partial charge is 0.0615 e. The van der Waals surface area contributed by atoms with Crippen LogP contribution in [0.3, 0.4) is 0 Å². The maximum absolute atomic E-state index is 9.99. The van der Waals surface area contributed by atoms with Crippen molar-refractivity contribution in [3.63, 3.8) is 0 Å². The minimum absolute atomic E-state index is 0.00181. The molecule has 1 aliphatic rings. The summed E-state index contributed by atoms with van der Waals surface area (Å²) in [5.41, 5.74) is 2.58. The van der Waals surface area contributed by atoms with E-state index in [1.54, 1.807) is 0 Å². The summed E-state index contributed by atoms with van der Waals surface area (Å²) in [6.07, 6.45) is 0.711. The molecule has 106 valence electrons. The maximum Gasteiger partial charge on any atom is 0.0615 e. The van der Waals surface area contributed by atoms with Crippen molar-refractivity contribution in [1.82, 2.24) is 4.90 Å². The van der Waals surface area contributed by atoms with Gasteiger partial charge in [0.15, 0.2) is 0 Å². The van der Waals surface area contributed by atoms with E-state index in [1.165, 1.54) is 11.3 Å². The molecule has 1 saturated heterocycles. The second-order valence-corrected chi connectivity index (χ2v) is 6.56. The summed E-state index contributed by atoms with van der Waals surface area (Å²) in [7, 11) is 4.12. The van der Waals surface area contributed by atoms with Crippen LogP contribution in [-0.4, -0.2) is 43.3 Å². The highest BCUT2D eigenvalue weighted by Crippen LogP contribution is 2.30. The lowest BCUT2D eigenvalue weighted by Crippen LogP contribution is -2.48. The van der Waals surface area contributed by atoms with E-state index in [0.29, 0.717) is 0 Å². The minimum atomic E-state index is -0.167. The Labute approximate surface area is 116 Å². The largest absolute Gasteiger partial charge is 0.392 e. The van der Waals surface area contributed by atoms with Crippen LogP contribution in [0.2, 0.25) is 0 Å². The Morgan fingerprint density at radius 1 is 1.26 bits per heavy atom. The molecule has 0 bridgehead atoms. The zero-order valence-corrected chi connectivity index (χ0v) is 12.6. The van der Waals surface area contributed by atoms with Crippen molar-refractivity contribution in [2.75, 3.05) is 32.1 Å². The van der Waals surface area contributed by atoms with Crippen LogP contribution in [0.25, 0.3) is 0 Å². The number of benzene rings is 1. The molecule has 2 rings (SSSR count). The summed E-state index contributed by atoms with van der Waals surface area (Å²) in [5.74, 6) is 0. The Kier molecular flexibility index (Phi) is 4.16. The summed E-state index contributed by atoms with van der Waals surface area (Å²) in [5, 5.41) is 9.99. The molecule has 0 aromatic heterocycles. The van der Waals surface area contributed by atoms with Gasteiger partial charge in [0.05, 0.1) is 6.10 Å². The van der Waals surface area contributed by atoms with E-state index < -0.39 is 0 Å². The second kappa shape index (κ2) is 5.51. The zero-order chi connectivity index (χ0) is 14.0. The summed E-state index contributed by atoms with van der Waals surface area (Å²) in [6, 6.07) is 8.74. The molecular weight excluding hydrogens is 236 g/mol. The van der Waals surface area contributed by atoms with E-state index in [1.807, 2.05) is 0 Å². The standard InChI is InChI=1S/C16H26N2O/c1-16(2)12-18(10-9-15(16)19)11-13-5-7-14(8-6-13)17(3)4/h5-8,15,19H,9-12H2,1-4H3. The van der Waals surface area contributed by atoms with Crippen LogP contribution >= 0.6 is 0 Å². The van der Waals surface area contributed by atoms with Crippen molar-refractivity contribution < 1.29 is 5.11 Å². The fourth-order valence-corrected chi connectivity index (χ4v) is 2.75. The Balaban J connectivity index is 1.98. The molecule has 1 N–H and O–H groups in total. The van der Waals surface area contributed by atoms with Crippen LogP contribution < -0.4 is 4.90 Å². The van der Waals surface area contributed by atoms with Crippen LogP contribution in [0.5, 0.6) is 0 Å². The molecule has 1 fully saturated rings. The lowest BCUT2D eigenvalue weighted by atomic mass is 9.81. The molecule has 1 atom stereocenters. The third kappa shape index (κ3) is 3.48. The van der Waals surface area contributed by atoms with Gasteiger partial charge in [-0.1, -0.05) is 26.0 Å². The number of aliphatic hydroxyl groups is 1. The third-order valence-electron chi connectivity index (χ3n) is 4.11. The molecule has 3 heteroatoms. The van der Waals surface area contributed by atoms with Crippen molar-refractivity contribution in [2.24, 2.45) is 5.41 Å². The average molecular weight is 262 g/mol. The van der Waals surface area contributed by atoms with Gasteiger partial charge in [0.25, 0.3) is 0 Å². The first-order chi connectivity index (χ1) is 8.88.